The number of nitro groups is 2. The summed E-state index contributed by atoms with van der Waals surface area (Å²) in [6.07, 6.45) is 0.580. The third kappa shape index (κ3) is 5.15. The summed E-state index contributed by atoms with van der Waals surface area (Å²) in [5.74, 6) is -0.599. The molecule has 0 saturated heterocycles. The van der Waals surface area contributed by atoms with E-state index in [1.54, 1.807) is 0 Å². The van der Waals surface area contributed by atoms with Crippen molar-refractivity contribution in [2.24, 2.45) is 0 Å². The monoisotopic (exact) mass is 297 g/mol. The molecule has 0 saturated carbocycles. The van der Waals surface area contributed by atoms with Crippen molar-refractivity contribution in [2.45, 2.75) is 13.3 Å². The maximum atomic E-state index is 11.8. The third-order valence-corrected chi connectivity index (χ3v) is 2.54. The maximum absolute atomic E-state index is 11.8. The average molecular weight is 297 g/mol. The zero-order chi connectivity index (χ0) is 15.8. The molecule has 0 unspecified atom stereocenters. The van der Waals surface area contributed by atoms with Gasteiger partial charge in [0.25, 0.3) is 17.3 Å². The number of nitrogens with one attached hydrogen (secondary N) is 1. The first-order valence-corrected chi connectivity index (χ1v) is 6.25. The Hall–Kier alpha value is -2.55. The predicted molar refractivity (Wildman–Crippen MR) is 73.2 cm³/mol. The van der Waals surface area contributed by atoms with Gasteiger partial charge in [-0.25, -0.2) is 0 Å². The number of amides is 1. The van der Waals surface area contributed by atoms with Crippen LogP contribution in [0.3, 0.4) is 0 Å². The molecule has 0 spiro atoms. The van der Waals surface area contributed by atoms with Crippen molar-refractivity contribution in [1.29, 1.82) is 0 Å². The zero-order valence-electron chi connectivity index (χ0n) is 11.4. The van der Waals surface area contributed by atoms with E-state index in [0.29, 0.717) is 26.2 Å². The molecule has 1 aromatic carbocycles. The summed E-state index contributed by atoms with van der Waals surface area (Å²) in [5.41, 5.74) is -1.11. The van der Waals surface area contributed by atoms with Gasteiger partial charge in [0.1, 0.15) is 0 Å². The molecule has 0 bridgehead atoms. The van der Waals surface area contributed by atoms with Gasteiger partial charge >= 0.3 is 0 Å². The molecular formula is C12H15N3O6. The van der Waals surface area contributed by atoms with Crippen molar-refractivity contribution in [3.8, 4) is 0 Å². The molecular weight excluding hydrogens is 282 g/mol. The lowest BCUT2D eigenvalue weighted by atomic mass is 10.1. The van der Waals surface area contributed by atoms with Crippen LogP contribution in [0, 0.1) is 20.2 Å². The quantitative estimate of drug-likeness (QED) is 0.442. The van der Waals surface area contributed by atoms with Crippen LogP contribution in [0.5, 0.6) is 0 Å². The lowest BCUT2D eigenvalue weighted by molar-refractivity contribution is -0.394. The Morgan fingerprint density at radius 2 is 1.76 bits per heavy atom. The van der Waals surface area contributed by atoms with Crippen LogP contribution in [0.1, 0.15) is 23.7 Å². The van der Waals surface area contributed by atoms with Crippen molar-refractivity contribution < 1.29 is 19.4 Å². The van der Waals surface area contributed by atoms with Gasteiger partial charge < -0.3 is 10.1 Å². The Morgan fingerprint density at radius 1 is 1.19 bits per heavy atom. The van der Waals surface area contributed by atoms with Gasteiger partial charge in [0.05, 0.1) is 21.5 Å². The molecule has 1 rings (SSSR count). The van der Waals surface area contributed by atoms with E-state index in [9.17, 15) is 25.0 Å². The van der Waals surface area contributed by atoms with E-state index in [1.165, 1.54) is 0 Å². The fourth-order valence-corrected chi connectivity index (χ4v) is 1.56. The van der Waals surface area contributed by atoms with Gasteiger partial charge in [0, 0.05) is 31.9 Å². The zero-order valence-corrected chi connectivity index (χ0v) is 11.4. The first kappa shape index (κ1) is 16.5. The summed E-state index contributed by atoms with van der Waals surface area (Å²) in [6, 6.07) is 2.82. The topological polar surface area (TPSA) is 125 Å². The average Bonchev–Trinajstić information content (AvgIpc) is 2.46. The molecule has 9 nitrogen and oxygen atoms in total. The molecule has 0 aromatic heterocycles. The summed E-state index contributed by atoms with van der Waals surface area (Å²) >= 11 is 0. The molecule has 0 aliphatic carbocycles. The van der Waals surface area contributed by atoms with Crippen molar-refractivity contribution in [3.63, 3.8) is 0 Å². The Balaban J connectivity index is 2.78. The van der Waals surface area contributed by atoms with Gasteiger partial charge in [0.2, 0.25) is 0 Å². The van der Waals surface area contributed by atoms with E-state index in [0.717, 1.165) is 18.2 Å². The van der Waals surface area contributed by atoms with Crippen molar-refractivity contribution in [2.75, 3.05) is 19.8 Å². The molecule has 0 radical (unpaired) electrons. The predicted octanol–water partition coefficient (Wildman–Crippen LogP) is 1.66. The Labute approximate surface area is 120 Å². The molecule has 0 fully saturated rings. The van der Waals surface area contributed by atoms with Crippen molar-refractivity contribution in [3.05, 3.63) is 44.0 Å². The number of non-ortho nitro benzene ring substituents is 2. The van der Waals surface area contributed by atoms with E-state index in [4.69, 9.17) is 4.74 Å². The lowest BCUT2D eigenvalue weighted by Crippen LogP contribution is -2.25. The Bertz CT molecular complexity index is 514. The van der Waals surface area contributed by atoms with Crippen molar-refractivity contribution in [1.82, 2.24) is 5.32 Å². The van der Waals surface area contributed by atoms with Gasteiger partial charge in [-0.2, -0.15) is 0 Å². The molecule has 0 aliphatic heterocycles. The second-order valence-electron chi connectivity index (χ2n) is 4.06. The highest BCUT2D eigenvalue weighted by Gasteiger charge is 2.19. The van der Waals surface area contributed by atoms with Crippen molar-refractivity contribution >= 4 is 17.3 Å². The largest absolute Gasteiger partial charge is 0.382 e. The van der Waals surface area contributed by atoms with E-state index >= 15 is 0 Å². The summed E-state index contributed by atoms with van der Waals surface area (Å²) in [6.45, 7) is 3.22. The van der Waals surface area contributed by atoms with Gasteiger partial charge in [-0.3, -0.25) is 25.0 Å². The normalized spacial score (nSPS) is 10.1. The minimum absolute atomic E-state index is 0.118. The number of nitrogens with zero attached hydrogens (tertiary/aromatic N) is 2. The first-order valence-electron chi connectivity index (χ1n) is 6.25. The highest BCUT2D eigenvalue weighted by atomic mass is 16.6. The molecule has 0 aliphatic rings. The number of nitro benzene ring substituents is 2. The smallest absolute Gasteiger partial charge is 0.277 e. The van der Waals surface area contributed by atoms with Crippen LogP contribution in [0.15, 0.2) is 18.2 Å². The number of ether oxygens (including phenoxy) is 1. The van der Waals surface area contributed by atoms with Crippen LogP contribution in [0.4, 0.5) is 11.4 Å². The number of benzene rings is 1. The van der Waals surface area contributed by atoms with Crippen LogP contribution in [0.25, 0.3) is 0 Å². The van der Waals surface area contributed by atoms with E-state index in [2.05, 4.69) is 5.32 Å². The van der Waals surface area contributed by atoms with Crippen LogP contribution >= 0.6 is 0 Å². The highest BCUT2D eigenvalue weighted by molar-refractivity contribution is 5.95. The van der Waals surface area contributed by atoms with Gasteiger partial charge in [-0.05, 0) is 13.3 Å². The molecule has 1 aromatic rings. The standard InChI is InChI=1S/C12H15N3O6/c1-2-21-5-3-4-13-12(16)9-6-10(14(17)18)8-11(7-9)15(19)20/h6-8H,2-5H2,1H3,(H,13,16). The Kier molecular flexibility index (Phi) is 6.21. The molecule has 114 valence electrons. The SMILES string of the molecule is CCOCCCNC(=O)c1cc([N+](=O)[O-])cc([N+](=O)[O-])c1. The molecule has 1 N–H and O–H groups in total. The molecule has 21 heavy (non-hydrogen) atoms. The number of rotatable bonds is 8. The second-order valence-corrected chi connectivity index (χ2v) is 4.06. The van der Waals surface area contributed by atoms with Crippen LogP contribution < -0.4 is 5.32 Å². The van der Waals surface area contributed by atoms with Crippen LogP contribution in [-0.2, 0) is 4.74 Å². The summed E-state index contributed by atoms with van der Waals surface area (Å²) in [7, 11) is 0. The highest BCUT2D eigenvalue weighted by Crippen LogP contribution is 2.22. The number of carbonyl (C=O) groups is 1. The van der Waals surface area contributed by atoms with Gasteiger partial charge in [0.15, 0.2) is 0 Å². The molecule has 9 heteroatoms. The maximum Gasteiger partial charge on any atom is 0.277 e. The summed E-state index contributed by atoms with van der Waals surface area (Å²) in [5, 5.41) is 24.0. The van der Waals surface area contributed by atoms with Crippen LogP contribution in [-0.4, -0.2) is 35.5 Å². The summed E-state index contributed by atoms with van der Waals surface area (Å²) < 4.78 is 5.09. The number of hydrogen-bond donors (Lipinski definition) is 1. The number of hydrogen-bond acceptors (Lipinski definition) is 6. The third-order valence-electron chi connectivity index (χ3n) is 2.54. The second kappa shape index (κ2) is 7.90. The first-order chi connectivity index (χ1) is 9.95. The minimum atomic E-state index is -0.779. The van der Waals surface area contributed by atoms with Gasteiger partial charge in [-0.1, -0.05) is 0 Å². The molecule has 1 amide bonds. The number of carbonyl (C=O) groups excluding carboxylic acids is 1. The van der Waals surface area contributed by atoms with E-state index < -0.39 is 27.1 Å². The van der Waals surface area contributed by atoms with Gasteiger partial charge in [-0.15, -0.1) is 0 Å². The molecule has 0 heterocycles. The minimum Gasteiger partial charge on any atom is -0.382 e. The lowest BCUT2D eigenvalue weighted by Gasteiger charge is -2.05. The van der Waals surface area contributed by atoms with E-state index in [1.807, 2.05) is 6.92 Å². The Morgan fingerprint density at radius 3 is 2.24 bits per heavy atom. The van der Waals surface area contributed by atoms with Crippen LogP contribution in [0.2, 0.25) is 0 Å². The fourth-order valence-electron chi connectivity index (χ4n) is 1.56. The molecule has 0 atom stereocenters. The summed E-state index contributed by atoms with van der Waals surface area (Å²) in [4.78, 5) is 31.7. The van der Waals surface area contributed by atoms with E-state index in [-0.39, 0.29) is 5.56 Å². The fraction of sp³-hybridized carbons (Fsp3) is 0.417.